The van der Waals surface area contributed by atoms with Crippen molar-refractivity contribution < 1.29 is 58.5 Å². The standard InChI is InChI=1S/C36H61N11O12/c1-4-18(2)27(45-32(55)24-10-7-17-47(24)34(57)23(11-13-25(37)49)44-29(52)20-8-5-15-40-20)33(56)43-22(12-14-26(50)51)30(53)42-21(9-6-16-41-36(38)39)31(54)46-28(19(3)48)35(58)59/h18-24,27-28,40,48H,4-17H2,1-3H3,(H2,37,49)(H,42,53)(H,43,56)(H,44,52)(H,45,55)(H,46,54)(H,50,51)(H,58,59)(H4,38,39,41)/t18-,19+,20-,21-,22-,23-,24-,27-,28-/m0/s1. The lowest BCUT2D eigenvalue weighted by molar-refractivity contribution is -0.145. The second kappa shape index (κ2) is 24.4. The Balaban J connectivity index is 2.32. The molecule has 59 heavy (non-hydrogen) atoms. The van der Waals surface area contributed by atoms with Gasteiger partial charge in [0.05, 0.1) is 12.1 Å². The predicted molar refractivity (Wildman–Crippen MR) is 209 cm³/mol. The van der Waals surface area contributed by atoms with E-state index in [0.717, 1.165) is 13.3 Å². The molecule has 0 bridgehead atoms. The molecule has 0 aromatic carbocycles. The maximum absolute atomic E-state index is 13.9. The van der Waals surface area contributed by atoms with Crippen LogP contribution in [-0.4, -0.2) is 147 Å². The molecular weight excluding hydrogens is 778 g/mol. The van der Waals surface area contributed by atoms with E-state index < -0.39 is 120 Å². The van der Waals surface area contributed by atoms with E-state index in [1.807, 2.05) is 0 Å². The molecule has 2 rings (SSSR count). The van der Waals surface area contributed by atoms with Crippen LogP contribution in [0.15, 0.2) is 4.99 Å². The Hall–Kier alpha value is -5.58. The van der Waals surface area contributed by atoms with Crippen molar-refractivity contribution in [3.05, 3.63) is 0 Å². The number of carboxylic acids is 2. The van der Waals surface area contributed by atoms with Crippen molar-refractivity contribution in [1.82, 2.24) is 36.8 Å². The van der Waals surface area contributed by atoms with Gasteiger partial charge in [-0.05, 0) is 70.8 Å². The summed E-state index contributed by atoms with van der Waals surface area (Å²) in [6, 6.07) is -8.83. The number of aliphatic hydroxyl groups excluding tert-OH is 1. The average molecular weight is 840 g/mol. The fourth-order valence-corrected chi connectivity index (χ4v) is 6.66. The Labute approximate surface area is 341 Å². The highest BCUT2D eigenvalue weighted by Gasteiger charge is 2.41. The second-order valence-electron chi connectivity index (χ2n) is 14.8. The monoisotopic (exact) mass is 839 g/mol. The Morgan fingerprint density at radius 2 is 1.39 bits per heavy atom. The molecule has 0 aromatic rings. The van der Waals surface area contributed by atoms with Gasteiger partial charge < -0.3 is 69.3 Å². The van der Waals surface area contributed by atoms with Gasteiger partial charge >= 0.3 is 11.9 Å². The molecule has 0 radical (unpaired) electrons. The molecule has 0 aromatic heterocycles. The molecule has 23 nitrogen and oxygen atoms in total. The first-order valence-electron chi connectivity index (χ1n) is 19.8. The van der Waals surface area contributed by atoms with E-state index in [1.54, 1.807) is 13.8 Å². The number of nitrogens with zero attached hydrogens (tertiary/aromatic N) is 2. The number of aliphatic imine (C=N–C) groups is 1. The van der Waals surface area contributed by atoms with Gasteiger partial charge in [0.25, 0.3) is 0 Å². The summed E-state index contributed by atoms with van der Waals surface area (Å²) in [5.74, 6) is -8.99. The molecule has 332 valence electrons. The summed E-state index contributed by atoms with van der Waals surface area (Å²) in [6.07, 6.45) is -0.648. The fourth-order valence-electron chi connectivity index (χ4n) is 6.66. The molecular formula is C36H61N11O12. The van der Waals surface area contributed by atoms with Crippen molar-refractivity contribution in [3.8, 4) is 0 Å². The summed E-state index contributed by atoms with van der Waals surface area (Å²) in [4.78, 5) is 121. The van der Waals surface area contributed by atoms with Gasteiger partial charge in [-0.1, -0.05) is 20.3 Å². The minimum Gasteiger partial charge on any atom is -0.481 e. The zero-order chi connectivity index (χ0) is 44.4. The molecule has 7 amide bonds. The summed E-state index contributed by atoms with van der Waals surface area (Å²) < 4.78 is 0. The van der Waals surface area contributed by atoms with Crippen molar-refractivity contribution in [3.63, 3.8) is 0 Å². The Bertz CT molecular complexity index is 1550. The van der Waals surface area contributed by atoms with Gasteiger partial charge in [-0.25, -0.2) is 4.79 Å². The number of hydrogen-bond donors (Lipinski definition) is 12. The van der Waals surface area contributed by atoms with E-state index in [4.69, 9.17) is 17.2 Å². The van der Waals surface area contributed by atoms with Gasteiger partial charge in [0.1, 0.15) is 30.2 Å². The van der Waals surface area contributed by atoms with Crippen LogP contribution in [0.1, 0.15) is 91.4 Å². The number of carbonyl (C=O) groups excluding carboxylic acids is 7. The Morgan fingerprint density at radius 1 is 0.763 bits per heavy atom. The van der Waals surface area contributed by atoms with E-state index in [9.17, 15) is 58.5 Å². The number of aliphatic carboxylic acids is 2. The van der Waals surface area contributed by atoms with Crippen LogP contribution in [0.5, 0.6) is 0 Å². The summed E-state index contributed by atoms with van der Waals surface area (Å²) in [7, 11) is 0. The molecule has 9 atom stereocenters. The molecule has 2 heterocycles. The van der Waals surface area contributed by atoms with E-state index in [-0.39, 0.29) is 51.2 Å². The van der Waals surface area contributed by atoms with Gasteiger partial charge in [0.15, 0.2) is 12.0 Å². The molecule has 2 aliphatic heterocycles. The third kappa shape index (κ3) is 16.3. The van der Waals surface area contributed by atoms with Gasteiger partial charge in [0.2, 0.25) is 41.4 Å². The average Bonchev–Trinajstić information content (AvgIpc) is 3.89. The predicted octanol–water partition coefficient (Wildman–Crippen LogP) is -4.15. The highest BCUT2D eigenvalue weighted by atomic mass is 16.4. The maximum Gasteiger partial charge on any atom is 0.328 e. The van der Waals surface area contributed by atoms with Crippen LogP contribution in [0.25, 0.3) is 0 Å². The number of hydrogen-bond acceptors (Lipinski definition) is 12. The van der Waals surface area contributed by atoms with Crippen LogP contribution < -0.4 is 49.1 Å². The fraction of sp³-hybridized carbons (Fsp3) is 0.722. The van der Waals surface area contributed by atoms with Gasteiger partial charge in [-0.3, -0.25) is 43.3 Å². The second-order valence-corrected chi connectivity index (χ2v) is 14.8. The molecule has 2 aliphatic rings. The van der Waals surface area contributed by atoms with Crippen molar-refractivity contribution in [2.45, 2.75) is 140 Å². The number of guanidine groups is 1. The topological polar surface area (TPSA) is 380 Å². The number of nitrogens with one attached hydrogen (secondary N) is 6. The van der Waals surface area contributed by atoms with Gasteiger partial charge in [-0.15, -0.1) is 0 Å². The first-order valence-corrected chi connectivity index (χ1v) is 19.8. The summed E-state index contributed by atoms with van der Waals surface area (Å²) in [6.45, 7) is 5.31. The molecule has 0 spiro atoms. The van der Waals surface area contributed by atoms with Gasteiger partial charge in [0, 0.05) is 25.9 Å². The highest BCUT2D eigenvalue weighted by molar-refractivity contribution is 5.97. The van der Waals surface area contributed by atoms with E-state index in [1.165, 1.54) is 4.90 Å². The minimum atomic E-state index is -1.75. The molecule has 23 heteroatoms. The van der Waals surface area contributed by atoms with Crippen molar-refractivity contribution in [2.24, 2.45) is 28.1 Å². The first-order chi connectivity index (χ1) is 27.8. The first kappa shape index (κ1) is 49.6. The SMILES string of the molecule is CC[C@H](C)[C@H](NC(=O)[C@@H]1CCCN1C(=O)[C@H](CCC(N)=O)NC(=O)[C@@H]1CCCN1)C(=O)N[C@@H](CCC(=O)O)C(=O)N[C@@H](CCCN=C(N)N)C(=O)N[C@H](C(=O)O)[C@@H](C)O. The number of primary amides is 1. The Morgan fingerprint density at radius 3 is 1.95 bits per heavy atom. The maximum atomic E-state index is 13.9. The normalized spacial score (nSPS) is 19.7. The molecule has 0 unspecified atom stereocenters. The largest absolute Gasteiger partial charge is 0.481 e. The third-order valence-electron chi connectivity index (χ3n) is 10.2. The summed E-state index contributed by atoms with van der Waals surface area (Å²) >= 11 is 0. The zero-order valence-corrected chi connectivity index (χ0v) is 33.7. The van der Waals surface area contributed by atoms with E-state index in [2.05, 4.69) is 36.9 Å². The molecule has 15 N–H and O–H groups in total. The van der Waals surface area contributed by atoms with E-state index in [0.29, 0.717) is 25.8 Å². The summed E-state index contributed by atoms with van der Waals surface area (Å²) in [5.41, 5.74) is 16.1. The third-order valence-corrected chi connectivity index (χ3v) is 10.2. The zero-order valence-electron chi connectivity index (χ0n) is 33.7. The number of nitrogens with two attached hydrogens (primary N) is 3. The lowest BCUT2D eigenvalue weighted by atomic mass is 9.96. The molecule has 0 aliphatic carbocycles. The van der Waals surface area contributed by atoms with Crippen molar-refractivity contribution in [1.29, 1.82) is 0 Å². The number of likely N-dealkylation sites (tertiary alicyclic amines) is 1. The van der Waals surface area contributed by atoms with Crippen molar-refractivity contribution >= 4 is 59.2 Å². The smallest absolute Gasteiger partial charge is 0.328 e. The molecule has 2 saturated heterocycles. The number of rotatable bonds is 25. The van der Waals surface area contributed by atoms with Crippen LogP contribution in [0.2, 0.25) is 0 Å². The minimum absolute atomic E-state index is 0.0147. The van der Waals surface area contributed by atoms with Gasteiger partial charge in [-0.2, -0.15) is 0 Å². The Kier molecular flexibility index (Phi) is 20.5. The van der Waals surface area contributed by atoms with Crippen LogP contribution in [-0.2, 0) is 43.2 Å². The number of aliphatic hydroxyl groups is 1. The van der Waals surface area contributed by atoms with Crippen LogP contribution in [0.3, 0.4) is 0 Å². The lowest BCUT2D eigenvalue weighted by Gasteiger charge is -2.32. The number of carboxylic acid groups (broad SMARTS) is 2. The number of carbonyl (C=O) groups is 9. The van der Waals surface area contributed by atoms with Crippen LogP contribution in [0, 0.1) is 5.92 Å². The highest BCUT2D eigenvalue weighted by Crippen LogP contribution is 2.21. The summed E-state index contributed by atoms with van der Waals surface area (Å²) in [5, 5.41) is 44.3. The quantitative estimate of drug-likeness (QED) is 0.0236. The van der Waals surface area contributed by atoms with Crippen molar-refractivity contribution in [2.75, 3.05) is 19.6 Å². The molecule has 2 fully saturated rings. The number of amides is 7. The van der Waals surface area contributed by atoms with E-state index >= 15 is 0 Å². The lowest BCUT2D eigenvalue weighted by Crippen LogP contribution is -2.61. The van der Waals surface area contributed by atoms with Crippen LogP contribution in [0.4, 0.5) is 0 Å². The molecule has 0 saturated carbocycles. The van der Waals surface area contributed by atoms with Crippen LogP contribution >= 0.6 is 0 Å².